The van der Waals surface area contributed by atoms with E-state index < -0.39 is 5.60 Å². The van der Waals surface area contributed by atoms with E-state index in [-0.39, 0.29) is 5.82 Å². The zero-order valence-electron chi connectivity index (χ0n) is 11.9. The molecule has 0 aliphatic rings. The summed E-state index contributed by atoms with van der Waals surface area (Å²) in [5.41, 5.74) is 0.504. The van der Waals surface area contributed by atoms with Crippen LogP contribution in [0.1, 0.15) is 24.5 Å². The first kappa shape index (κ1) is 16.0. The third kappa shape index (κ3) is 4.53. The van der Waals surface area contributed by atoms with Gasteiger partial charge in [-0.15, -0.1) is 0 Å². The van der Waals surface area contributed by atoms with Crippen molar-refractivity contribution in [2.45, 2.75) is 25.5 Å². The Kier molecular flexibility index (Phi) is 5.34. The Morgan fingerprint density at radius 3 is 2.62 bits per heavy atom. The first-order valence-corrected chi connectivity index (χ1v) is 7.29. The van der Waals surface area contributed by atoms with Gasteiger partial charge in [0.25, 0.3) is 0 Å². The van der Waals surface area contributed by atoms with Gasteiger partial charge in [0, 0.05) is 17.1 Å². The molecule has 0 radical (unpaired) electrons. The highest BCUT2D eigenvalue weighted by molar-refractivity contribution is 6.30. The van der Waals surface area contributed by atoms with Gasteiger partial charge in [0.1, 0.15) is 5.82 Å². The second-order valence-electron chi connectivity index (χ2n) is 5.30. The van der Waals surface area contributed by atoms with Gasteiger partial charge in [0.15, 0.2) is 0 Å². The number of nitrogens with one attached hydrogen (secondary N) is 1. The molecule has 0 saturated carbocycles. The molecular weight excluding hydrogens is 289 g/mol. The maximum absolute atomic E-state index is 13.5. The zero-order chi connectivity index (χ0) is 15.3. The van der Waals surface area contributed by atoms with Gasteiger partial charge in [-0.2, -0.15) is 0 Å². The van der Waals surface area contributed by atoms with Crippen LogP contribution in [0.25, 0.3) is 0 Å². The summed E-state index contributed by atoms with van der Waals surface area (Å²) in [6.45, 7) is 2.75. The van der Waals surface area contributed by atoms with E-state index in [1.807, 2.05) is 30.3 Å². The fraction of sp³-hybridized carbons (Fsp3) is 0.294. The summed E-state index contributed by atoms with van der Waals surface area (Å²) in [6, 6.07) is 14.0. The molecule has 2 aromatic carbocycles. The third-order valence-corrected chi connectivity index (χ3v) is 3.74. The van der Waals surface area contributed by atoms with E-state index in [0.717, 1.165) is 5.56 Å². The molecule has 112 valence electrons. The van der Waals surface area contributed by atoms with E-state index in [9.17, 15) is 9.50 Å². The van der Waals surface area contributed by atoms with Crippen LogP contribution in [0.5, 0.6) is 0 Å². The van der Waals surface area contributed by atoms with Crippen LogP contribution >= 0.6 is 11.6 Å². The van der Waals surface area contributed by atoms with Crippen molar-refractivity contribution in [3.8, 4) is 0 Å². The van der Waals surface area contributed by atoms with E-state index in [1.165, 1.54) is 12.1 Å². The van der Waals surface area contributed by atoms with E-state index in [4.69, 9.17) is 11.6 Å². The van der Waals surface area contributed by atoms with Crippen molar-refractivity contribution in [2.24, 2.45) is 0 Å². The molecule has 2 rings (SSSR count). The van der Waals surface area contributed by atoms with Crippen LogP contribution in [-0.4, -0.2) is 11.7 Å². The van der Waals surface area contributed by atoms with Crippen LogP contribution in [0.15, 0.2) is 48.5 Å². The predicted octanol–water partition coefficient (Wildman–Crippen LogP) is 3.87. The number of rotatable bonds is 6. The average Bonchev–Trinajstić information content (AvgIpc) is 2.48. The monoisotopic (exact) mass is 307 g/mol. The largest absolute Gasteiger partial charge is 0.385 e. The lowest BCUT2D eigenvalue weighted by atomic mass is 9.92. The lowest BCUT2D eigenvalue weighted by molar-refractivity contribution is 0.0479. The molecule has 0 amide bonds. The number of hydrogen-bond acceptors (Lipinski definition) is 2. The highest BCUT2D eigenvalue weighted by atomic mass is 35.5. The van der Waals surface area contributed by atoms with Crippen LogP contribution in [0, 0.1) is 5.82 Å². The lowest BCUT2D eigenvalue weighted by Gasteiger charge is -2.24. The Balaban J connectivity index is 1.86. The van der Waals surface area contributed by atoms with Crippen molar-refractivity contribution in [3.63, 3.8) is 0 Å². The van der Waals surface area contributed by atoms with Crippen LogP contribution in [0.3, 0.4) is 0 Å². The Hall–Kier alpha value is -1.42. The van der Waals surface area contributed by atoms with Crippen molar-refractivity contribution in [1.82, 2.24) is 5.32 Å². The summed E-state index contributed by atoms with van der Waals surface area (Å²) in [6.07, 6.45) is 0.541. The molecule has 0 aliphatic carbocycles. The van der Waals surface area contributed by atoms with Gasteiger partial charge in [-0.1, -0.05) is 41.9 Å². The summed E-state index contributed by atoms with van der Waals surface area (Å²) in [7, 11) is 0. The number of aliphatic hydroxyl groups is 1. The van der Waals surface area contributed by atoms with Gasteiger partial charge in [-0.3, -0.25) is 0 Å². The van der Waals surface area contributed by atoms with Gasteiger partial charge < -0.3 is 10.4 Å². The molecule has 4 heteroatoms. The Labute approximate surface area is 129 Å². The van der Waals surface area contributed by atoms with Crippen molar-refractivity contribution < 1.29 is 9.50 Å². The van der Waals surface area contributed by atoms with Gasteiger partial charge in [0.2, 0.25) is 0 Å². The van der Waals surface area contributed by atoms with Crippen molar-refractivity contribution >= 4 is 11.6 Å². The fourth-order valence-corrected chi connectivity index (χ4v) is 2.37. The van der Waals surface area contributed by atoms with Crippen molar-refractivity contribution in [1.29, 1.82) is 0 Å². The Morgan fingerprint density at radius 1 is 1.19 bits per heavy atom. The fourth-order valence-electron chi connectivity index (χ4n) is 2.18. The topological polar surface area (TPSA) is 32.3 Å². The second-order valence-corrected chi connectivity index (χ2v) is 5.74. The zero-order valence-corrected chi connectivity index (χ0v) is 12.7. The molecule has 1 atom stereocenters. The van der Waals surface area contributed by atoms with Crippen molar-refractivity contribution in [3.05, 3.63) is 70.5 Å². The van der Waals surface area contributed by atoms with E-state index in [1.54, 1.807) is 13.0 Å². The Morgan fingerprint density at radius 2 is 1.90 bits per heavy atom. The molecule has 2 nitrogen and oxygen atoms in total. The van der Waals surface area contributed by atoms with Crippen LogP contribution < -0.4 is 5.32 Å². The maximum atomic E-state index is 13.5. The highest BCUT2D eigenvalue weighted by Gasteiger charge is 2.21. The quantitative estimate of drug-likeness (QED) is 0.794. The minimum Gasteiger partial charge on any atom is -0.385 e. The molecule has 0 aliphatic heterocycles. The van der Waals surface area contributed by atoms with Crippen LogP contribution in [0.2, 0.25) is 5.02 Å². The number of halogens is 2. The van der Waals surface area contributed by atoms with E-state index >= 15 is 0 Å². The van der Waals surface area contributed by atoms with Crippen LogP contribution in [0.4, 0.5) is 4.39 Å². The lowest BCUT2D eigenvalue weighted by Crippen LogP contribution is -2.27. The minimum atomic E-state index is -0.902. The van der Waals surface area contributed by atoms with E-state index in [2.05, 4.69) is 5.32 Å². The van der Waals surface area contributed by atoms with Gasteiger partial charge in [0.05, 0.1) is 5.60 Å². The molecule has 2 aromatic rings. The molecule has 1 unspecified atom stereocenters. The summed E-state index contributed by atoms with van der Waals surface area (Å²) in [5, 5.41) is 14.1. The molecule has 0 spiro atoms. The summed E-state index contributed by atoms with van der Waals surface area (Å²) in [5.74, 6) is -0.276. The standard InChI is InChI=1S/C17H19ClFNO/c1-17(21,14-5-3-2-4-6-14)9-10-20-12-13-11-15(18)7-8-16(13)19/h2-8,11,20-21H,9-10,12H2,1H3. The summed E-state index contributed by atoms with van der Waals surface area (Å²) >= 11 is 5.85. The van der Waals surface area contributed by atoms with E-state index in [0.29, 0.717) is 30.1 Å². The average molecular weight is 308 g/mol. The maximum Gasteiger partial charge on any atom is 0.127 e. The van der Waals surface area contributed by atoms with Crippen molar-refractivity contribution in [2.75, 3.05) is 6.54 Å². The molecule has 0 heterocycles. The molecule has 2 N–H and O–H groups in total. The van der Waals surface area contributed by atoms with Gasteiger partial charge >= 0.3 is 0 Å². The van der Waals surface area contributed by atoms with Crippen LogP contribution in [-0.2, 0) is 12.1 Å². The Bertz CT molecular complexity index is 587. The second kappa shape index (κ2) is 7.03. The first-order valence-electron chi connectivity index (χ1n) is 6.91. The number of hydrogen-bond donors (Lipinski definition) is 2. The molecule has 0 aromatic heterocycles. The summed E-state index contributed by atoms with van der Waals surface area (Å²) < 4.78 is 13.5. The molecule has 0 saturated heterocycles. The molecular formula is C17H19ClFNO. The molecule has 0 fully saturated rings. The smallest absolute Gasteiger partial charge is 0.127 e. The van der Waals surface area contributed by atoms with Gasteiger partial charge in [-0.25, -0.2) is 4.39 Å². The normalized spacial score (nSPS) is 13.9. The molecule has 21 heavy (non-hydrogen) atoms. The first-order chi connectivity index (χ1) is 9.99. The number of benzene rings is 2. The predicted molar refractivity (Wildman–Crippen MR) is 83.7 cm³/mol. The SMILES string of the molecule is CC(O)(CCNCc1cc(Cl)ccc1F)c1ccccc1. The molecule has 0 bridgehead atoms. The van der Waals surface area contributed by atoms with Gasteiger partial charge in [-0.05, 0) is 43.7 Å². The third-order valence-electron chi connectivity index (χ3n) is 3.51. The highest BCUT2D eigenvalue weighted by Crippen LogP contribution is 2.23. The minimum absolute atomic E-state index is 0.276. The summed E-state index contributed by atoms with van der Waals surface area (Å²) in [4.78, 5) is 0.